The summed E-state index contributed by atoms with van der Waals surface area (Å²) >= 11 is 0. The second-order valence-electron chi connectivity index (χ2n) is 9.26. The summed E-state index contributed by atoms with van der Waals surface area (Å²) in [6.45, 7) is 8.85. The van der Waals surface area contributed by atoms with Gasteiger partial charge in [0, 0.05) is 11.0 Å². The quantitative estimate of drug-likeness (QED) is 0.253. The van der Waals surface area contributed by atoms with Crippen LogP contribution >= 0.6 is 0 Å². The molecule has 2 aromatic rings. The van der Waals surface area contributed by atoms with Crippen LogP contribution in [0, 0.1) is 16.7 Å². The van der Waals surface area contributed by atoms with Gasteiger partial charge in [0.2, 0.25) is 0 Å². The molecule has 2 fully saturated rings. The summed E-state index contributed by atoms with van der Waals surface area (Å²) in [4.78, 5) is 25.5. The van der Waals surface area contributed by atoms with Crippen molar-refractivity contribution in [1.82, 2.24) is 0 Å². The summed E-state index contributed by atoms with van der Waals surface area (Å²) in [5.41, 5.74) is 0.724. The number of hydrogen-bond acceptors (Lipinski definition) is 5. The summed E-state index contributed by atoms with van der Waals surface area (Å²) < 4.78 is 17.5. The van der Waals surface area contributed by atoms with Crippen LogP contribution in [0.2, 0.25) is 0 Å². The van der Waals surface area contributed by atoms with Gasteiger partial charge in [0.05, 0.1) is 19.8 Å². The maximum atomic E-state index is 12.9. The first kappa shape index (κ1) is 22.3. The van der Waals surface area contributed by atoms with Gasteiger partial charge in [-0.25, -0.2) is 4.79 Å². The highest BCUT2D eigenvalue weighted by molar-refractivity contribution is 6.40. The SMILES string of the molecule is C=C[C@@]12CC[C@@H]([C@@H](OCc3ccc(OC)cc3)[C@H]1OC(=O)C(=O)c1ccccc1)C2(C)C. The fourth-order valence-electron chi connectivity index (χ4n) is 5.66. The van der Waals surface area contributed by atoms with Gasteiger partial charge < -0.3 is 14.2 Å². The van der Waals surface area contributed by atoms with Crippen LogP contribution in [0.25, 0.3) is 0 Å². The topological polar surface area (TPSA) is 61.8 Å². The lowest BCUT2D eigenvalue weighted by Crippen LogP contribution is -2.45. The van der Waals surface area contributed by atoms with Gasteiger partial charge >= 0.3 is 5.97 Å². The molecule has 0 unspecified atom stereocenters. The number of ether oxygens (including phenoxy) is 3. The van der Waals surface area contributed by atoms with Crippen molar-refractivity contribution in [3.05, 3.63) is 78.4 Å². The van der Waals surface area contributed by atoms with Crippen molar-refractivity contribution in [1.29, 1.82) is 0 Å². The van der Waals surface area contributed by atoms with Crippen molar-refractivity contribution >= 4 is 11.8 Å². The third-order valence-electron chi connectivity index (χ3n) is 7.62. The summed E-state index contributed by atoms with van der Waals surface area (Å²) in [6, 6.07) is 16.2. The molecule has 4 atom stereocenters. The first-order valence-electron chi connectivity index (χ1n) is 11.0. The molecule has 2 aliphatic rings. The van der Waals surface area contributed by atoms with E-state index in [-0.39, 0.29) is 17.4 Å². The van der Waals surface area contributed by atoms with Crippen molar-refractivity contribution in [2.24, 2.45) is 16.7 Å². The lowest BCUT2D eigenvalue weighted by Gasteiger charge is -2.39. The number of carbonyl (C=O) groups excluding carboxylic acids is 2. The monoisotopic (exact) mass is 434 g/mol. The molecule has 0 aromatic heterocycles. The van der Waals surface area contributed by atoms with E-state index in [2.05, 4.69) is 20.4 Å². The van der Waals surface area contributed by atoms with Crippen LogP contribution in [0.5, 0.6) is 5.75 Å². The number of Topliss-reactive ketones (excluding diaryl/α,β-unsaturated/α-hetero) is 1. The number of benzene rings is 2. The number of esters is 1. The fraction of sp³-hybridized carbons (Fsp3) is 0.407. The Bertz CT molecular complexity index is 994. The van der Waals surface area contributed by atoms with E-state index >= 15 is 0 Å². The number of hydrogen-bond donors (Lipinski definition) is 0. The summed E-state index contributed by atoms with van der Waals surface area (Å²) in [5.74, 6) is -0.502. The molecule has 32 heavy (non-hydrogen) atoms. The molecular formula is C27H30O5. The van der Waals surface area contributed by atoms with Gasteiger partial charge in [0.15, 0.2) is 0 Å². The molecular weight excluding hydrogens is 404 g/mol. The molecule has 0 aliphatic heterocycles. The van der Waals surface area contributed by atoms with Gasteiger partial charge in [-0.2, -0.15) is 0 Å². The average Bonchev–Trinajstić information content (AvgIpc) is 3.18. The van der Waals surface area contributed by atoms with Gasteiger partial charge in [0.1, 0.15) is 11.9 Å². The molecule has 2 aromatic carbocycles. The lowest BCUT2D eigenvalue weighted by atomic mass is 9.68. The lowest BCUT2D eigenvalue weighted by molar-refractivity contribution is -0.162. The van der Waals surface area contributed by atoms with Gasteiger partial charge in [-0.3, -0.25) is 4.79 Å². The van der Waals surface area contributed by atoms with Gasteiger partial charge in [0.25, 0.3) is 5.78 Å². The first-order chi connectivity index (χ1) is 15.3. The Hall–Kier alpha value is -2.92. The molecule has 0 heterocycles. The van der Waals surface area contributed by atoms with E-state index in [4.69, 9.17) is 14.2 Å². The number of fused-ring (bicyclic) bond motifs is 2. The van der Waals surface area contributed by atoms with Crippen LogP contribution in [0.1, 0.15) is 42.6 Å². The Kier molecular flexibility index (Phi) is 5.95. The smallest absolute Gasteiger partial charge is 0.380 e. The zero-order chi connectivity index (χ0) is 22.9. The Morgan fingerprint density at radius 2 is 1.78 bits per heavy atom. The van der Waals surface area contributed by atoms with Crippen molar-refractivity contribution in [3.8, 4) is 5.75 Å². The maximum absolute atomic E-state index is 12.9. The summed E-state index contributed by atoms with van der Waals surface area (Å²) in [5, 5.41) is 0. The predicted molar refractivity (Wildman–Crippen MR) is 121 cm³/mol. The standard InChI is InChI=1S/C27H30O5/c1-5-27-16-15-21(26(27,2)3)23(31-17-18-11-13-20(30-4)14-12-18)24(27)32-25(29)22(28)19-9-7-6-8-10-19/h5-14,21,23-24H,1,15-17H2,2-4H3/t21-,23+,24+,27+/m0/s1. The largest absolute Gasteiger partial charge is 0.497 e. The van der Waals surface area contributed by atoms with Gasteiger partial charge in [-0.05, 0) is 41.9 Å². The molecule has 0 amide bonds. The molecule has 0 N–H and O–H groups in total. The number of rotatable bonds is 8. The van der Waals surface area contributed by atoms with Crippen molar-refractivity contribution in [3.63, 3.8) is 0 Å². The maximum Gasteiger partial charge on any atom is 0.380 e. The molecule has 2 saturated carbocycles. The fourth-order valence-corrected chi connectivity index (χ4v) is 5.66. The third kappa shape index (κ3) is 3.55. The van der Waals surface area contributed by atoms with Crippen LogP contribution in [0.3, 0.4) is 0 Å². The molecule has 5 nitrogen and oxygen atoms in total. The van der Waals surface area contributed by atoms with Crippen LogP contribution in [-0.2, 0) is 20.9 Å². The van der Waals surface area contributed by atoms with E-state index in [9.17, 15) is 9.59 Å². The predicted octanol–water partition coefficient (Wildman–Crippen LogP) is 5.00. The Morgan fingerprint density at radius 1 is 1.09 bits per heavy atom. The normalized spacial score (nSPS) is 27.7. The van der Waals surface area contributed by atoms with Crippen LogP contribution < -0.4 is 4.74 Å². The second-order valence-corrected chi connectivity index (χ2v) is 9.26. The van der Waals surface area contributed by atoms with Crippen molar-refractivity contribution in [2.45, 2.75) is 45.5 Å². The highest BCUT2D eigenvalue weighted by Crippen LogP contribution is 2.67. The molecule has 0 radical (unpaired) electrons. The van der Waals surface area contributed by atoms with E-state index in [0.717, 1.165) is 24.2 Å². The first-order valence-corrected chi connectivity index (χ1v) is 11.0. The van der Waals surface area contributed by atoms with Gasteiger partial charge in [-0.1, -0.05) is 62.4 Å². The number of methoxy groups -OCH3 is 1. The number of ketones is 1. The molecule has 168 valence electrons. The minimum atomic E-state index is -0.844. The molecule has 2 bridgehead atoms. The molecule has 5 heteroatoms. The average molecular weight is 435 g/mol. The van der Waals surface area contributed by atoms with Gasteiger partial charge in [-0.15, -0.1) is 6.58 Å². The highest BCUT2D eigenvalue weighted by atomic mass is 16.6. The molecule has 4 rings (SSSR count). The van der Waals surface area contributed by atoms with Crippen molar-refractivity contribution in [2.75, 3.05) is 7.11 Å². The third-order valence-corrected chi connectivity index (χ3v) is 7.62. The highest BCUT2D eigenvalue weighted by Gasteiger charge is 2.69. The van der Waals surface area contributed by atoms with Crippen molar-refractivity contribution < 1.29 is 23.8 Å². The Balaban J connectivity index is 1.57. The Morgan fingerprint density at radius 3 is 2.41 bits per heavy atom. The molecule has 2 aliphatic carbocycles. The summed E-state index contributed by atoms with van der Waals surface area (Å²) in [7, 11) is 1.63. The number of carbonyl (C=O) groups is 2. The van der Waals surface area contributed by atoms with E-state index < -0.39 is 23.3 Å². The van der Waals surface area contributed by atoms with E-state index in [1.807, 2.05) is 30.3 Å². The summed E-state index contributed by atoms with van der Waals surface area (Å²) in [6.07, 6.45) is 2.86. The van der Waals surface area contributed by atoms with Crippen LogP contribution in [0.15, 0.2) is 67.3 Å². The van der Waals surface area contributed by atoms with E-state index in [0.29, 0.717) is 12.2 Å². The minimum absolute atomic E-state index is 0.167. The van der Waals surface area contributed by atoms with Crippen LogP contribution in [-0.4, -0.2) is 31.1 Å². The second kappa shape index (κ2) is 8.55. The van der Waals surface area contributed by atoms with E-state index in [1.54, 1.807) is 37.4 Å². The zero-order valence-electron chi connectivity index (χ0n) is 18.9. The molecule has 0 saturated heterocycles. The Labute approximate surface area is 189 Å². The van der Waals surface area contributed by atoms with E-state index in [1.165, 1.54) is 0 Å². The minimum Gasteiger partial charge on any atom is -0.497 e. The molecule has 0 spiro atoms. The van der Waals surface area contributed by atoms with Crippen LogP contribution in [0.4, 0.5) is 0 Å². The zero-order valence-corrected chi connectivity index (χ0v) is 18.9.